The van der Waals surface area contributed by atoms with Gasteiger partial charge in [0, 0.05) is 36.4 Å². The summed E-state index contributed by atoms with van der Waals surface area (Å²) in [5.74, 6) is -0.297. The van der Waals surface area contributed by atoms with Crippen molar-refractivity contribution in [3.05, 3.63) is 95.1 Å². The number of hydrogen-bond acceptors (Lipinski definition) is 4. The first-order chi connectivity index (χ1) is 16.3. The largest absolute Gasteiger partial charge is 0.381 e. The third kappa shape index (κ3) is 5.32. The van der Waals surface area contributed by atoms with E-state index in [0.717, 1.165) is 18.4 Å². The lowest BCUT2D eigenvalue weighted by Gasteiger charge is -2.38. The Morgan fingerprint density at radius 1 is 0.941 bits per heavy atom. The molecule has 178 valence electrons. The molecule has 1 heterocycles. The average molecular weight is 479 g/mol. The van der Waals surface area contributed by atoms with Crippen LogP contribution in [-0.4, -0.2) is 34.1 Å². The quantitative estimate of drug-likeness (QED) is 0.521. The summed E-state index contributed by atoms with van der Waals surface area (Å²) in [5, 5.41) is 3.05. The van der Waals surface area contributed by atoms with Crippen LogP contribution in [0.15, 0.2) is 77.7 Å². The van der Waals surface area contributed by atoms with Crippen molar-refractivity contribution in [2.75, 3.05) is 24.5 Å². The molecule has 0 radical (unpaired) electrons. The predicted molar refractivity (Wildman–Crippen MR) is 134 cm³/mol. The molecule has 4 rings (SSSR count). The molecular formula is C27H30N2O4S. The first kappa shape index (κ1) is 24.0. The number of carbonyl (C=O) groups is 1. The van der Waals surface area contributed by atoms with E-state index in [-0.39, 0.29) is 16.2 Å². The topological polar surface area (TPSA) is 84.5 Å². The zero-order chi connectivity index (χ0) is 24.2. The average Bonchev–Trinajstić information content (AvgIpc) is 2.83. The normalized spacial score (nSPS) is 15.5. The molecule has 0 aromatic heterocycles. The van der Waals surface area contributed by atoms with Gasteiger partial charge in [0.05, 0.1) is 4.90 Å². The van der Waals surface area contributed by atoms with E-state index in [0.29, 0.717) is 36.6 Å². The van der Waals surface area contributed by atoms with Crippen LogP contribution in [0, 0.1) is 13.8 Å². The van der Waals surface area contributed by atoms with Crippen molar-refractivity contribution < 1.29 is 17.9 Å². The maximum atomic E-state index is 13.1. The molecule has 1 aliphatic heterocycles. The van der Waals surface area contributed by atoms with Crippen LogP contribution in [0.3, 0.4) is 0 Å². The van der Waals surface area contributed by atoms with Gasteiger partial charge in [-0.2, -0.15) is 0 Å². The Balaban J connectivity index is 1.54. The first-order valence-corrected chi connectivity index (χ1v) is 12.9. The summed E-state index contributed by atoms with van der Waals surface area (Å²) >= 11 is 0. The summed E-state index contributed by atoms with van der Waals surface area (Å²) < 4.78 is 34.4. The second kappa shape index (κ2) is 9.99. The van der Waals surface area contributed by atoms with Crippen molar-refractivity contribution in [1.29, 1.82) is 0 Å². The van der Waals surface area contributed by atoms with Crippen molar-refractivity contribution in [3.8, 4) is 0 Å². The Hall–Kier alpha value is -3.16. The number of amides is 1. The molecule has 0 spiro atoms. The van der Waals surface area contributed by atoms with Crippen LogP contribution in [0.4, 0.5) is 5.69 Å². The highest BCUT2D eigenvalue weighted by molar-refractivity contribution is 7.92. The molecule has 0 unspecified atom stereocenters. The molecule has 0 bridgehead atoms. The molecule has 1 aliphatic rings. The minimum absolute atomic E-state index is 0.0884. The van der Waals surface area contributed by atoms with Gasteiger partial charge in [0.25, 0.3) is 15.9 Å². The van der Waals surface area contributed by atoms with Gasteiger partial charge < -0.3 is 10.1 Å². The number of sulfonamides is 1. The second-order valence-electron chi connectivity index (χ2n) is 8.90. The third-order valence-corrected chi connectivity index (χ3v) is 7.96. The van der Waals surface area contributed by atoms with Gasteiger partial charge >= 0.3 is 0 Å². The Bertz CT molecular complexity index is 1270. The van der Waals surface area contributed by atoms with Gasteiger partial charge in [-0.05, 0) is 67.6 Å². The summed E-state index contributed by atoms with van der Waals surface area (Å²) in [7, 11) is -3.85. The minimum atomic E-state index is -3.85. The standard InChI is InChI=1S/C27H30N2O4S/c1-20-7-6-10-24(17-20)29-34(31,32)25-18-22(12-11-21(25)2)26(30)28-19-27(13-15-33-16-14-27)23-8-4-3-5-9-23/h3-12,17-18,29H,13-16,19H2,1-2H3,(H,28,30). The molecule has 0 atom stereocenters. The van der Waals surface area contributed by atoms with Gasteiger partial charge in [0.1, 0.15) is 0 Å². The van der Waals surface area contributed by atoms with Crippen molar-refractivity contribution in [1.82, 2.24) is 5.32 Å². The Labute approximate surface area is 201 Å². The fraction of sp³-hybridized carbons (Fsp3) is 0.296. The highest BCUT2D eigenvalue weighted by Gasteiger charge is 2.35. The molecule has 0 aliphatic carbocycles. The molecule has 1 saturated heterocycles. The fourth-order valence-electron chi connectivity index (χ4n) is 4.42. The van der Waals surface area contributed by atoms with Crippen LogP contribution in [0.5, 0.6) is 0 Å². The number of rotatable bonds is 7. The lowest BCUT2D eigenvalue weighted by molar-refractivity contribution is 0.0487. The second-order valence-corrected chi connectivity index (χ2v) is 10.5. The molecular weight excluding hydrogens is 448 g/mol. The number of hydrogen-bond donors (Lipinski definition) is 2. The SMILES string of the molecule is Cc1cccc(NS(=O)(=O)c2cc(C(=O)NCC3(c4ccccc4)CCOCC3)ccc2C)c1. The van der Waals surface area contributed by atoms with Gasteiger partial charge in [-0.15, -0.1) is 0 Å². The summed E-state index contributed by atoms with van der Waals surface area (Å²) in [6, 6.07) is 22.1. The molecule has 1 fully saturated rings. The molecule has 0 saturated carbocycles. The number of ether oxygens (including phenoxy) is 1. The smallest absolute Gasteiger partial charge is 0.262 e. The van der Waals surface area contributed by atoms with E-state index in [2.05, 4.69) is 22.2 Å². The summed E-state index contributed by atoms with van der Waals surface area (Å²) in [6.45, 7) is 5.36. The van der Waals surface area contributed by atoms with Crippen molar-refractivity contribution in [3.63, 3.8) is 0 Å². The van der Waals surface area contributed by atoms with Crippen LogP contribution in [0.2, 0.25) is 0 Å². The highest BCUT2D eigenvalue weighted by atomic mass is 32.2. The lowest BCUT2D eigenvalue weighted by Crippen LogP contribution is -2.44. The Morgan fingerprint density at radius 3 is 2.38 bits per heavy atom. The Kier molecular flexibility index (Phi) is 7.05. The van der Waals surface area contributed by atoms with Gasteiger partial charge in [0.15, 0.2) is 0 Å². The van der Waals surface area contributed by atoms with Crippen molar-refractivity contribution >= 4 is 21.6 Å². The van der Waals surface area contributed by atoms with Crippen LogP contribution in [0.25, 0.3) is 0 Å². The number of nitrogens with one attached hydrogen (secondary N) is 2. The van der Waals surface area contributed by atoms with E-state index in [9.17, 15) is 13.2 Å². The molecule has 3 aromatic carbocycles. The summed E-state index contributed by atoms with van der Waals surface area (Å²) in [4.78, 5) is 13.2. The zero-order valence-electron chi connectivity index (χ0n) is 19.5. The summed E-state index contributed by atoms with van der Waals surface area (Å²) in [6.07, 6.45) is 1.62. The molecule has 2 N–H and O–H groups in total. The maximum absolute atomic E-state index is 13.1. The fourth-order valence-corrected chi connectivity index (χ4v) is 5.74. The van der Waals surface area contributed by atoms with E-state index in [4.69, 9.17) is 4.74 Å². The number of aryl methyl sites for hydroxylation is 2. The summed E-state index contributed by atoms with van der Waals surface area (Å²) in [5.41, 5.74) is 3.28. The van der Waals surface area contributed by atoms with E-state index in [1.807, 2.05) is 31.2 Å². The number of anilines is 1. The molecule has 34 heavy (non-hydrogen) atoms. The van der Waals surface area contributed by atoms with Gasteiger partial charge in [0.2, 0.25) is 0 Å². The van der Waals surface area contributed by atoms with Crippen LogP contribution < -0.4 is 10.0 Å². The molecule has 6 nitrogen and oxygen atoms in total. The maximum Gasteiger partial charge on any atom is 0.262 e. The predicted octanol–water partition coefficient (Wildman–Crippen LogP) is 4.58. The Morgan fingerprint density at radius 2 is 1.68 bits per heavy atom. The zero-order valence-corrected chi connectivity index (χ0v) is 20.3. The third-order valence-electron chi connectivity index (χ3n) is 6.43. The van der Waals surface area contributed by atoms with E-state index < -0.39 is 10.0 Å². The van der Waals surface area contributed by atoms with Crippen LogP contribution in [-0.2, 0) is 20.2 Å². The van der Waals surface area contributed by atoms with Crippen molar-refractivity contribution in [2.45, 2.75) is 37.0 Å². The van der Waals surface area contributed by atoms with E-state index in [1.165, 1.54) is 11.6 Å². The monoisotopic (exact) mass is 478 g/mol. The van der Waals surface area contributed by atoms with Crippen molar-refractivity contribution in [2.24, 2.45) is 0 Å². The number of carbonyl (C=O) groups excluding carboxylic acids is 1. The molecule has 1 amide bonds. The first-order valence-electron chi connectivity index (χ1n) is 11.4. The van der Waals surface area contributed by atoms with Gasteiger partial charge in [-0.1, -0.05) is 48.5 Å². The minimum Gasteiger partial charge on any atom is -0.381 e. The van der Waals surface area contributed by atoms with E-state index >= 15 is 0 Å². The lowest BCUT2D eigenvalue weighted by atomic mass is 9.74. The number of benzene rings is 3. The van der Waals surface area contributed by atoms with Crippen LogP contribution >= 0.6 is 0 Å². The van der Waals surface area contributed by atoms with E-state index in [1.54, 1.807) is 37.3 Å². The van der Waals surface area contributed by atoms with Crippen LogP contribution in [0.1, 0.15) is 39.9 Å². The molecule has 3 aromatic rings. The molecule has 7 heteroatoms. The highest BCUT2D eigenvalue weighted by Crippen LogP contribution is 2.34. The van der Waals surface area contributed by atoms with Gasteiger partial charge in [-0.25, -0.2) is 8.42 Å². The van der Waals surface area contributed by atoms with Gasteiger partial charge in [-0.3, -0.25) is 9.52 Å².